The maximum atomic E-state index is 9.83. The van der Waals surface area contributed by atoms with Crippen LogP contribution in [0.25, 0.3) is 0 Å². The van der Waals surface area contributed by atoms with E-state index in [-0.39, 0.29) is 5.54 Å². The van der Waals surface area contributed by atoms with Gasteiger partial charge in [0.2, 0.25) is 0 Å². The summed E-state index contributed by atoms with van der Waals surface area (Å²) in [5.41, 5.74) is -0.263. The average Bonchev–Trinajstić information content (AvgIpc) is 3.26. The van der Waals surface area contributed by atoms with Gasteiger partial charge in [-0.25, -0.2) is 0 Å². The lowest BCUT2D eigenvalue weighted by molar-refractivity contribution is 0.0720. The van der Waals surface area contributed by atoms with Gasteiger partial charge in [-0.05, 0) is 58.3 Å². The molecule has 1 aliphatic heterocycles. The molecule has 3 aliphatic rings. The second kappa shape index (κ2) is 5.07. The molecule has 3 fully saturated rings. The van der Waals surface area contributed by atoms with Crippen LogP contribution in [-0.2, 0) is 0 Å². The third-order valence-corrected chi connectivity index (χ3v) is 5.32. The highest BCUT2D eigenvalue weighted by molar-refractivity contribution is 5.19. The van der Waals surface area contributed by atoms with E-state index in [1.165, 1.54) is 44.9 Å². The van der Waals surface area contributed by atoms with E-state index in [1.807, 2.05) is 0 Å². The van der Waals surface area contributed by atoms with Gasteiger partial charge in [0, 0.05) is 24.7 Å². The van der Waals surface area contributed by atoms with Crippen LogP contribution in [0.3, 0.4) is 0 Å². The van der Waals surface area contributed by atoms with E-state index in [1.54, 1.807) is 0 Å². The number of hydrogen-bond donors (Lipinski definition) is 1. The van der Waals surface area contributed by atoms with Crippen molar-refractivity contribution in [1.82, 2.24) is 10.2 Å². The summed E-state index contributed by atoms with van der Waals surface area (Å²) in [6.45, 7) is 5.61. The molecule has 0 aromatic heterocycles. The number of piperidine rings is 1. The van der Waals surface area contributed by atoms with E-state index in [0.717, 1.165) is 6.54 Å². The second-order valence-corrected chi connectivity index (χ2v) is 7.08. The van der Waals surface area contributed by atoms with Gasteiger partial charge in [0.15, 0.2) is 0 Å². The van der Waals surface area contributed by atoms with Crippen LogP contribution in [0.4, 0.5) is 0 Å². The Balaban J connectivity index is 1.73. The smallest absolute Gasteiger partial charge is 0.122 e. The normalized spacial score (nSPS) is 35.6. The zero-order valence-corrected chi connectivity index (χ0v) is 12.4. The predicted octanol–water partition coefficient (Wildman–Crippen LogP) is 2.67. The van der Waals surface area contributed by atoms with Crippen molar-refractivity contribution in [2.45, 2.75) is 82.5 Å². The highest BCUT2D eigenvalue weighted by Gasteiger charge is 2.50. The summed E-state index contributed by atoms with van der Waals surface area (Å²) in [5, 5.41) is 13.5. The van der Waals surface area contributed by atoms with Crippen molar-refractivity contribution in [2.75, 3.05) is 6.54 Å². The Morgan fingerprint density at radius 1 is 1.11 bits per heavy atom. The fourth-order valence-electron chi connectivity index (χ4n) is 3.69. The zero-order chi connectivity index (χ0) is 13.5. The molecule has 1 saturated heterocycles. The molecule has 0 amide bonds. The van der Waals surface area contributed by atoms with Crippen molar-refractivity contribution in [3.05, 3.63) is 0 Å². The third kappa shape index (κ3) is 2.80. The average molecular weight is 261 g/mol. The summed E-state index contributed by atoms with van der Waals surface area (Å²) in [5.74, 6) is 0.597. The van der Waals surface area contributed by atoms with E-state index < -0.39 is 0 Å². The molecule has 3 atom stereocenters. The van der Waals surface area contributed by atoms with E-state index in [2.05, 4.69) is 30.1 Å². The second-order valence-electron chi connectivity index (χ2n) is 7.08. The van der Waals surface area contributed by atoms with Crippen molar-refractivity contribution < 1.29 is 0 Å². The van der Waals surface area contributed by atoms with Crippen LogP contribution in [-0.4, -0.2) is 35.1 Å². The number of nitrogens with zero attached hydrogens (tertiary/aromatic N) is 2. The SMILES string of the molecule is C[C@@H]1CCC[C@H](C)N1CC(C#N)(NC1CC1)C1CC1. The first-order valence-electron chi connectivity index (χ1n) is 8.09. The first-order valence-corrected chi connectivity index (χ1v) is 8.09. The molecule has 1 N–H and O–H groups in total. The number of rotatable bonds is 5. The Bertz CT molecular complexity index is 357. The van der Waals surface area contributed by atoms with Gasteiger partial charge in [0.25, 0.3) is 0 Å². The fourth-order valence-corrected chi connectivity index (χ4v) is 3.69. The molecule has 19 heavy (non-hydrogen) atoms. The monoisotopic (exact) mass is 261 g/mol. The molecule has 1 unspecified atom stereocenters. The number of hydrogen-bond acceptors (Lipinski definition) is 3. The third-order valence-electron chi connectivity index (χ3n) is 5.32. The van der Waals surface area contributed by atoms with E-state index >= 15 is 0 Å². The first kappa shape index (κ1) is 13.4. The molecule has 1 heterocycles. The van der Waals surface area contributed by atoms with Crippen molar-refractivity contribution in [2.24, 2.45) is 5.92 Å². The lowest BCUT2D eigenvalue weighted by Crippen LogP contribution is -2.59. The van der Waals surface area contributed by atoms with Gasteiger partial charge >= 0.3 is 0 Å². The highest BCUT2D eigenvalue weighted by atomic mass is 15.2. The number of nitriles is 1. The Labute approximate surface area is 117 Å². The summed E-state index contributed by atoms with van der Waals surface area (Å²) >= 11 is 0. The van der Waals surface area contributed by atoms with E-state index in [4.69, 9.17) is 0 Å². The van der Waals surface area contributed by atoms with Gasteiger partial charge in [-0.1, -0.05) is 6.42 Å². The lowest BCUT2D eigenvalue weighted by Gasteiger charge is -2.44. The lowest BCUT2D eigenvalue weighted by atomic mass is 9.89. The molecule has 106 valence electrons. The van der Waals surface area contributed by atoms with Crippen molar-refractivity contribution >= 4 is 0 Å². The summed E-state index contributed by atoms with van der Waals surface area (Å²) in [6, 6.07) is 4.58. The van der Waals surface area contributed by atoms with Crippen molar-refractivity contribution in [3.63, 3.8) is 0 Å². The van der Waals surface area contributed by atoms with Gasteiger partial charge < -0.3 is 0 Å². The molecule has 2 aliphatic carbocycles. The van der Waals surface area contributed by atoms with Crippen LogP contribution in [0.2, 0.25) is 0 Å². The Morgan fingerprint density at radius 3 is 2.21 bits per heavy atom. The topological polar surface area (TPSA) is 39.1 Å². The molecule has 3 rings (SSSR count). The van der Waals surface area contributed by atoms with Crippen LogP contribution >= 0.6 is 0 Å². The molecule has 0 aromatic carbocycles. The molecule has 0 radical (unpaired) electrons. The minimum atomic E-state index is -0.263. The highest BCUT2D eigenvalue weighted by Crippen LogP contribution is 2.42. The van der Waals surface area contributed by atoms with Gasteiger partial charge in [-0.15, -0.1) is 0 Å². The van der Waals surface area contributed by atoms with Crippen LogP contribution in [0.1, 0.15) is 58.8 Å². The summed E-state index contributed by atoms with van der Waals surface area (Å²) < 4.78 is 0. The molecule has 3 heteroatoms. The van der Waals surface area contributed by atoms with Crippen molar-refractivity contribution in [1.29, 1.82) is 5.26 Å². The summed E-state index contributed by atoms with van der Waals surface area (Å²) in [4.78, 5) is 2.60. The fraction of sp³-hybridized carbons (Fsp3) is 0.938. The van der Waals surface area contributed by atoms with Crippen molar-refractivity contribution in [3.8, 4) is 6.07 Å². The molecule has 3 nitrogen and oxygen atoms in total. The quantitative estimate of drug-likeness (QED) is 0.827. The number of likely N-dealkylation sites (tertiary alicyclic amines) is 1. The Hall–Kier alpha value is -0.590. The van der Waals surface area contributed by atoms with Gasteiger partial charge in [0.1, 0.15) is 5.54 Å². The zero-order valence-electron chi connectivity index (χ0n) is 12.4. The molecule has 2 saturated carbocycles. The molecule has 0 bridgehead atoms. The minimum Gasteiger partial charge on any atom is -0.295 e. The first-order chi connectivity index (χ1) is 9.14. The van der Waals surface area contributed by atoms with Crippen LogP contribution in [0.15, 0.2) is 0 Å². The Morgan fingerprint density at radius 2 is 1.74 bits per heavy atom. The molecular formula is C16H27N3. The van der Waals surface area contributed by atoms with Crippen LogP contribution in [0.5, 0.6) is 0 Å². The largest absolute Gasteiger partial charge is 0.295 e. The molecule has 0 spiro atoms. The van der Waals surface area contributed by atoms with Crippen LogP contribution in [0, 0.1) is 17.2 Å². The summed E-state index contributed by atoms with van der Waals surface area (Å²) in [7, 11) is 0. The maximum Gasteiger partial charge on any atom is 0.122 e. The number of nitrogens with one attached hydrogen (secondary N) is 1. The minimum absolute atomic E-state index is 0.263. The predicted molar refractivity (Wildman–Crippen MR) is 76.7 cm³/mol. The van der Waals surface area contributed by atoms with Gasteiger partial charge in [0.05, 0.1) is 6.07 Å². The maximum absolute atomic E-state index is 9.83. The van der Waals surface area contributed by atoms with Gasteiger partial charge in [-0.3, -0.25) is 10.2 Å². The standard InChI is InChI=1S/C16H27N3/c1-12-4-3-5-13(2)19(12)11-16(10-17,14-6-7-14)18-15-8-9-15/h12-15,18H,3-9,11H2,1-2H3/t12-,13+,16?. The molecule has 0 aromatic rings. The van der Waals surface area contributed by atoms with Gasteiger partial charge in [-0.2, -0.15) is 5.26 Å². The van der Waals surface area contributed by atoms with E-state index in [9.17, 15) is 5.26 Å². The van der Waals surface area contributed by atoms with Crippen LogP contribution < -0.4 is 5.32 Å². The van der Waals surface area contributed by atoms with E-state index in [0.29, 0.717) is 24.0 Å². The summed E-state index contributed by atoms with van der Waals surface area (Å²) in [6.07, 6.45) is 8.94. The molecular weight excluding hydrogens is 234 g/mol. The Kier molecular flexibility index (Phi) is 3.57.